The molecule has 26 heavy (non-hydrogen) atoms. The van der Waals surface area contributed by atoms with Gasteiger partial charge in [-0.3, -0.25) is 4.79 Å². The fraction of sp³-hybridized carbons (Fsp3) is 0.600. The fourth-order valence-corrected chi connectivity index (χ4v) is 3.54. The van der Waals surface area contributed by atoms with Crippen molar-refractivity contribution in [2.45, 2.75) is 26.2 Å². The van der Waals surface area contributed by atoms with Crippen LogP contribution in [0.5, 0.6) is 0 Å². The number of rotatable bonds is 4. The Kier molecular flexibility index (Phi) is 6.14. The van der Waals surface area contributed by atoms with Gasteiger partial charge in [0.05, 0.1) is 6.61 Å². The van der Waals surface area contributed by atoms with Gasteiger partial charge in [0.25, 0.3) is 5.91 Å². The molecular weight excluding hydrogens is 330 g/mol. The number of carbonyl (C=O) groups excluding carboxylic acids is 2. The zero-order valence-corrected chi connectivity index (χ0v) is 15.7. The molecule has 6 nitrogen and oxygen atoms in total. The van der Waals surface area contributed by atoms with Crippen LogP contribution in [-0.2, 0) is 4.74 Å². The van der Waals surface area contributed by atoms with E-state index < -0.39 is 0 Å². The molecule has 1 aromatic rings. The Bertz CT molecular complexity index is 635. The standard InChI is InChI=1S/C20H29N3O3/c1-15-6-9-23(10-7-15)19(24)17-4-3-5-18(12-17)21-20(25)22(2)13-16-8-11-26-14-16/h3-5,12,15-16H,6-11,13-14H2,1-2H3,(H,21,25). The van der Waals surface area contributed by atoms with Gasteiger partial charge in [-0.25, -0.2) is 4.79 Å². The van der Waals surface area contributed by atoms with Crippen LogP contribution in [-0.4, -0.2) is 61.6 Å². The highest BCUT2D eigenvalue weighted by Crippen LogP contribution is 2.20. The van der Waals surface area contributed by atoms with Crippen molar-refractivity contribution in [1.82, 2.24) is 9.80 Å². The fourth-order valence-electron chi connectivity index (χ4n) is 3.54. The van der Waals surface area contributed by atoms with E-state index in [1.807, 2.05) is 23.1 Å². The molecule has 2 aliphatic rings. The zero-order chi connectivity index (χ0) is 18.5. The van der Waals surface area contributed by atoms with Crippen LogP contribution >= 0.6 is 0 Å². The first kappa shape index (κ1) is 18.7. The van der Waals surface area contributed by atoms with Crippen molar-refractivity contribution in [2.75, 3.05) is 45.2 Å². The Hall–Kier alpha value is -2.08. The SMILES string of the molecule is CC1CCN(C(=O)c2cccc(NC(=O)N(C)CC3CCOC3)c2)CC1. The number of nitrogens with zero attached hydrogens (tertiary/aromatic N) is 2. The molecule has 1 atom stereocenters. The molecule has 1 aromatic carbocycles. The lowest BCUT2D eigenvalue weighted by Crippen LogP contribution is -2.38. The minimum absolute atomic E-state index is 0.0458. The highest BCUT2D eigenvalue weighted by molar-refractivity contribution is 5.97. The van der Waals surface area contributed by atoms with Gasteiger partial charge in [-0.2, -0.15) is 0 Å². The highest BCUT2D eigenvalue weighted by atomic mass is 16.5. The van der Waals surface area contributed by atoms with Crippen molar-refractivity contribution in [3.63, 3.8) is 0 Å². The Morgan fingerprint density at radius 3 is 2.73 bits per heavy atom. The lowest BCUT2D eigenvalue weighted by molar-refractivity contribution is 0.0697. The van der Waals surface area contributed by atoms with Gasteiger partial charge in [0.2, 0.25) is 0 Å². The average Bonchev–Trinajstić information content (AvgIpc) is 3.15. The Labute approximate surface area is 155 Å². The molecule has 0 saturated carbocycles. The molecule has 0 bridgehead atoms. The smallest absolute Gasteiger partial charge is 0.321 e. The van der Waals surface area contributed by atoms with Crippen molar-refractivity contribution in [3.8, 4) is 0 Å². The highest BCUT2D eigenvalue weighted by Gasteiger charge is 2.22. The second-order valence-electron chi connectivity index (χ2n) is 7.60. The van der Waals surface area contributed by atoms with Gasteiger partial charge in [0, 0.05) is 50.5 Å². The minimum Gasteiger partial charge on any atom is -0.381 e. The number of hydrogen-bond acceptors (Lipinski definition) is 3. The topological polar surface area (TPSA) is 61.9 Å². The zero-order valence-electron chi connectivity index (χ0n) is 15.7. The van der Waals surface area contributed by atoms with Gasteiger partial charge in [-0.15, -0.1) is 0 Å². The molecule has 2 saturated heterocycles. The van der Waals surface area contributed by atoms with Gasteiger partial charge in [0.15, 0.2) is 0 Å². The van der Waals surface area contributed by atoms with Crippen LogP contribution in [0.15, 0.2) is 24.3 Å². The first-order valence-electron chi connectivity index (χ1n) is 9.52. The van der Waals surface area contributed by atoms with Crippen LogP contribution in [0.3, 0.4) is 0 Å². The van der Waals surface area contributed by atoms with Crippen LogP contribution in [0.1, 0.15) is 36.5 Å². The molecule has 0 aromatic heterocycles. The molecule has 2 fully saturated rings. The summed E-state index contributed by atoms with van der Waals surface area (Å²) in [7, 11) is 1.79. The number of likely N-dealkylation sites (tertiary alicyclic amines) is 1. The third-order valence-electron chi connectivity index (χ3n) is 5.33. The van der Waals surface area contributed by atoms with Gasteiger partial charge in [-0.1, -0.05) is 13.0 Å². The summed E-state index contributed by atoms with van der Waals surface area (Å²) in [5, 5.41) is 2.90. The first-order valence-corrected chi connectivity index (χ1v) is 9.52. The number of nitrogens with one attached hydrogen (secondary N) is 1. The van der Waals surface area contributed by atoms with E-state index in [2.05, 4.69) is 12.2 Å². The van der Waals surface area contributed by atoms with E-state index in [9.17, 15) is 9.59 Å². The average molecular weight is 359 g/mol. The molecule has 2 aliphatic heterocycles. The quantitative estimate of drug-likeness (QED) is 0.899. The number of amides is 3. The van der Waals surface area contributed by atoms with Crippen LogP contribution in [0.25, 0.3) is 0 Å². The van der Waals surface area contributed by atoms with Crippen LogP contribution in [0.4, 0.5) is 10.5 Å². The lowest BCUT2D eigenvalue weighted by atomic mass is 9.98. The molecule has 142 valence electrons. The van der Waals surface area contributed by atoms with Gasteiger partial charge in [0.1, 0.15) is 0 Å². The van der Waals surface area contributed by atoms with E-state index in [-0.39, 0.29) is 11.9 Å². The number of piperidine rings is 1. The summed E-state index contributed by atoms with van der Waals surface area (Å²) < 4.78 is 5.36. The molecule has 0 spiro atoms. The molecule has 3 amide bonds. The van der Waals surface area contributed by atoms with Crippen LogP contribution in [0, 0.1) is 11.8 Å². The van der Waals surface area contributed by atoms with E-state index in [1.54, 1.807) is 18.0 Å². The van der Waals surface area contributed by atoms with Crippen molar-refractivity contribution >= 4 is 17.6 Å². The summed E-state index contributed by atoms with van der Waals surface area (Å²) in [6.45, 7) is 6.02. The predicted octanol–water partition coefficient (Wildman–Crippen LogP) is 3.06. The van der Waals surface area contributed by atoms with Gasteiger partial charge < -0.3 is 19.9 Å². The van der Waals surface area contributed by atoms with Gasteiger partial charge in [-0.05, 0) is 43.4 Å². The number of benzene rings is 1. The number of ether oxygens (including phenoxy) is 1. The number of urea groups is 1. The maximum atomic E-state index is 12.7. The van der Waals surface area contributed by atoms with Crippen LogP contribution < -0.4 is 5.32 Å². The van der Waals surface area contributed by atoms with Crippen molar-refractivity contribution in [3.05, 3.63) is 29.8 Å². The van der Waals surface area contributed by atoms with E-state index in [0.717, 1.165) is 45.6 Å². The molecule has 1 unspecified atom stereocenters. The summed E-state index contributed by atoms with van der Waals surface area (Å²) in [5.74, 6) is 1.13. The molecule has 0 radical (unpaired) electrons. The van der Waals surface area contributed by atoms with Gasteiger partial charge >= 0.3 is 6.03 Å². The summed E-state index contributed by atoms with van der Waals surface area (Å²) in [4.78, 5) is 28.7. The molecular formula is C20H29N3O3. The van der Waals surface area contributed by atoms with E-state index in [0.29, 0.717) is 29.6 Å². The lowest BCUT2D eigenvalue weighted by Gasteiger charge is -2.30. The van der Waals surface area contributed by atoms with Crippen molar-refractivity contribution in [2.24, 2.45) is 11.8 Å². The molecule has 0 aliphatic carbocycles. The number of hydrogen-bond donors (Lipinski definition) is 1. The maximum Gasteiger partial charge on any atom is 0.321 e. The first-order chi connectivity index (χ1) is 12.5. The molecule has 3 rings (SSSR count). The summed E-state index contributed by atoms with van der Waals surface area (Å²) in [6, 6.07) is 7.06. The molecule has 6 heteroatoms. The largest absolute Gasteiger partial charge is 0.381 e. The Morgan fingerprint density at radius 2 is 2.04 bits per heavy atom. The second-order valence-corrected chi connectivity index (χ2v) is 7.60. The van der Waals surface area contributed by atoms with E-state index >= 15 is 0 Å². The maximum absolute atomic E-state index is 12.7. The van der Waals surface area contributed by atoms with Crippen LogP contribution in [0.2, 0.25) is 0 Å². The van der Waals surface area contributed by atoms with Crippen molar-refractivity contribution < 1.29 is 14.3 Å². The predicted molar refractivity (Wildman–Crippen MR) is 101 cm³/mol. The molecule has 1 N–H and O–H groups in total. The summed E-state index contributed by atoms with van der Waals surface area (Å²) >= 11 is 0. The van der Waals surface area contributed by atoms with E-state index in [4.69, 9.17) is 4.74 Å². The summed E-state index contributed by atoms with van der Waals surface area (Å²) in [6.07, 6.45) is 3.10. The second kappa shape index (κ2) is 8.54. The number of anilines is 1. The monoisotopic (exact) mass is 359 g/mol. The Morgan fingerprint density at radius 1 is 1.27 bits per heavy atom. The number of carbonyl (C=O) groups is 2. The Balaban J connectivity index is 1.57. The third-order valence-corrected chi connectivity index (χ3v) is 5.33. The third kappa shape index (κ3) is 4.75. The molecule has 2 heterocycles. The minimum atomic E-state index is -0.159. The normalized spacial score (nSPS) is 20.8. The van der Waals surface area contributed by atoms with E-state index in [1.165, 1.54) is 0 Å². The summed E-state index contributed by atoms with van der Waals surface area (Å²) in [5.41, 5.74) is 1.28. The van der Waals surface area contributed by atoms with Crippen molar-refractivity contribution in [1.29, 1.82) is 0 Å².